The minimum Gasteiger partial charge on any atom is -0.508 e. The second-order valence-corrected chi connectivity index (χ2v) is 6.26. The van der Waals surface area contributed by atoms with Gasteiger partial charge >= 0.3 is 5.97 Å². The van der Waals surface area contributed by atoms with Gasteiger partial charge in [-0.15, -0.1) is 0 Å². The number of aromatic hydroxyl groups is 1. The molecular weight excluding hydrogens is 348 g/mol. The number of carbonyl (C=O) groups is 1. The van der Waals surface area contributed by atoms with Crippen LogP contribution in [0.15, 0.2) is 24.3 Å². The SMILES string of the molecule is O=C(O)CC(CCc1ccc(O)cc1)O[C@@H]1O[C@H](CO)[C@@H](O)[C@H](O)[C@H]1O. The van der Waals surface area contributed by atoms with Crippen LogP contribution in [0, 0.1) is 0 Å². The number of carboxylic acids is 1. The molecule has 1 unspecified atom stereocenters. The number of aliphatic carboxylic acids is 1. The topological polar surface area (TPSA) is 157 Å². The van der Waals surface area contributed by atoms with Crippen molar-refractivity contribution in [1.82, 2.24) is 0 Å². The number of aliphatic hydroxyl groups is 4. The molecule has 0 amide bonds. The van der Waals surface area contributed by atoms with Gasteiger partial charge in [0, 0.05) is 0 Å². The average Bonchev–Trinajstić information content (AvgIpc) is 2.61. The first kappa shape index (κ1) is 20.6. The summed E-state index contributed by atoms with van der Waals surface area (Å²) in [7, 11) is 0. The smallest absolute Gasteiger partial charge is 0.305 e. The molecule has 1 heterocycles. The van der Waals surface area contributed by atoms with E-state index >= 15 is 0 Å². The summed E-state index contributed by atoms with van der Waals surface area (Å²) >= 11 is 0. The third kappa shape index (κ3) is 5.37. The van der Waals surface area contributed by atoms with Crippen molar-refractivity contribution >= 4 is 5.97 Å². The highest BCUT2D eigenvalue weighted by Crippen LogP contribution is 2.25. The molecule has 146 valence electrons. The van der Waals surface area contributed by atoms with E-state index in [0.29, 0.717) is 6.42 Å². The molecule has 1 saturated heterocycles. The van der Waals surface area contributed by atoms with E-state index in [1.54, 1.807) is 12.1 Å². The van der Waals surface area contributed by atoms with Crippen molar-refractivity contribution in [3.63, 3.8) is 0 Å². The summed E-state index contributed by atoms with van der Waals surface area (Å²) in [5.74, 6) is -0.987. The predicted molar refractivity (Wildman–Crippen MR) is 87.3 cm³/mol. The van der Waals surface area contributed by atoms with Crippen molar-refractivity contribution in [1.29, 1.82) is 0 Å². The van der Waals surface area contributed by atoms with Gasteiger partial charge in [-0.1, -0.05) is 12.1 Å². The maximum absolute atomic E-state index is 11.1. The Kier molecular flexibility index (Phi) is 7.33. The fourth-order valence-corrected chi connectivity index (χ4v) is 2.77. The molecule has 1 aromatic rings. The lowest BCUT2D eigenvalue weighted by Gasteiger charge is -2.40. The van der Waals surface area contributed by atoms with Gasteiger partial charge in [-0.3, -0.25) is 4.79 Å². The van der Waals surface area contributed by atoms with Gasteiger partial charge in [-0.2, -0.15) is 0 Å². The van der Waals surface area contributed by atoms with Gasteiger partial charge < -0.3 is 40.1 Å². The summed E-state index contributed by atoms with van der Waals surface area (Å²) < 4.78 is 10.8. The molecule has 9 nitrogen and oxygen atoms in total. The number of phenols is 1. The normalized spacial score (nSPS) is 30.1. The lowest BCUT2D eigenvalue weighted by molar-refractivity contribution is -0.311. The Hall–Kier alpha value is -1.75. The number of hydrogen-bond acceptors (Lipinski definition) is 8. The minimum absolute atomic E-state index is 0.119. The fraction of sp³-hybridized carbons (Fsp3) is 0.588. The van der Waals surface area contributed by atoms with Gasteiger partial charge in [-0.25, -0.2) is 0 Å². The zero-order valence-corrected chi connectivity index (χ0v) is 14.0. The summed E-state index contributed by atoms with van der Waals surface area (Å²) in [5, 5.41) is 57.1. The Morgan fingerprint density at radius 3 is 2.35 bits per heavy atom. The van der Waals surface area contributed by atoms with Crippen molar-refractivity contribution in [2.45, 2.75) is 56.1 Å². The van der Waals surface area contributed by atoms with E-state index in [9.17, 15) is 30.3 Å². The molecular formula is C17H24O9. The number of hydrogen-bond donors (Lipinski definition) is 6. The molecule has 6 atom stereocenters. The Balaban J connectivity index is 2.01. The van der Waals surface area contributed by atoms with E-state index in [-0.39, 0.29) is 18.6 Å². The van der Waals surface area contributed by atoms with Gasteiger partial charge in [0.15, 0.2) is 6.29 Å². The molecule has 1 aliphatic rings. The van der Waals surface area contributed by atoms with Gasteiger partial charge in [0.2, 0.25) is 0 Å². The summed E-state index contributed by atoms with van der Waals surface area (Å²) in [4.78, 5) is 11.1. The van der Waals surface area contributed by atoms with Crippen LogP contribution in [-0.2, 0) is 20.7 Å². The van der Waals surface area contributed by atoms with Crippen LogP contribution in [-0.4, -0.2) is 80.0 Å². The Morgan fingerprint density at radius 2 is 1.77 bits per heavy atom. The quantitative estimate of drug-likeness (QED) is 0.336. The number of carboxylic acid groups (broad SMARTS) is 1. The summed E-state index contributed by atoms with van der Waals surface area (Å²) in [5.41, 5.74) is 0.857. The van der Waals surface area contributed by atoms with Crippen LogP contribution in [0.3, 0.4) is 0 Å². The number of phenolic OH excluding ortho intramolecular Hbond substituents is 1. The van der Waals surface area contributed by atoms with Gasteiger partial charge in [-0.05, 0) is 30.5 Å². The van der Waals surface area contributed by atoms with E-state index in [2.05, 4.69) is 0 Å². The maximum Gasteiger partial charge on any atom is 0.305 e. The fourth-order valence-electron chi connectivity index (χ4n) is 2.77. The van der Waals surface area contributed by atoms with Crippen molar-refractivity contribution in [2.75, 3.05) is 6.61 Å². The van der Waals surface area contributed by atoms with E-state index < -0.39 is 49.4 Å². The summed E-state index contributed by atoms with van der Waals surface area (Å²) in [6.07, 6.45) is -7.64. The summed E-state index contributed by atoms with van der Waals surface area (Å²) in [6, 6.07) is 6.42. The number of aliphatic hydroxyl groups excluding tert-OH is 4. The van der Waals surface area contributed by atoms with Crippen LogP contribution in [0.1, 0.15) is 18.4 Å². The zero-order valence-electron chi connectivity index (χ0n) is 14.0. The van der Waals surface area contributed by atoms with Crippen LogP contribution >= 0.6 is 0 Å². The first-order chi connectivity index (χ1) is 12.3. The molecule has 0 spiro atoms. The Bertz CT molecular complexity index is 574. The zero-order chi connectivity index (χ0) is 19.3. The largest absolute Gasteiger partial charge is 0.508 e. The van der Waals surface area contributed by atoms with Crippen molar-refractivity contribution in [3.05, 3.63) is 29.8 Å². The molecule has 6 N–H and O–H groups in total. The van der Waals surface area contributed by atoms with Crippen LogP contribution in [0.2, 0.25) is 0 Å². The van der Waals surface area contributed by atoms with Crippen LogP contribution < -0.4 is 0 Å². The van der Waals surface area contributed by atoms with Crippen molar-refractivity contribution in [2.24, 2.45) is 0 Å². The predicted octanol–water partition coefficient (Wildman–Crippen LogP) is -1.02. The van der Waals surface area contributed by atoms with Gasteiger partial charge in [0.25, 0.3) is 0 Å². The number of rotatable bonds is 8. The average molecular weight is 372 g/mol. The number of benzene rings is 1. The molecule has 0 aromatic heterocycles. The van der Waals surface area contributed by atoms with Crippen molar-refractivity contribution < 1.29 is 44.9 Å². The first-order valence-electron chi connectivity index (χ1n) is 8.27. The lowest BCUT2D eigenvalue weighted by Crippen LogP contribution is -2.59. The Labute approximate surface area is 150 Å². The van der Waals surface area contributed by atoms with E-state index in [0.717, 1.165) is 5.56 Å². The van der Waals surface area contributed by atoms with Crippen LogP contribution in [0.25, 0.3) is 0 Å². The van der Waals surface area contributed by atoms with E-state index in [1.807, 2.05) is 0 Å². The molecule has 26 heavy (non-hydrogen) atoms. The molecule has 0 aliphatic carbocycles. The highest BCUT2D eigenvalue weighted by atomic mass is 16.7. The third-order valence-corrected chi connectivity index (χ3v) is 4.27. The van der Waals surface area contributed by atoms with Gasteiger partial charge in [0.1, 0.15) is 30.2 Å². The first-order valence-corrected chi connectivity index (χ1v) is 8.27. The van der Waals surface area contributed by atoms with Crippen molar-refractivity contribution in [3.8, 4) is 5.75 Å². The van der Waals surface area contributed by atoms with E-state index in [1.165, 1.54) is 12.1 Å². The molecule has 1 aliphatic heterocycles. The van der Waals surface area contributed by atoms with Crippen LogP contribution in [0.5, 0.6) is 5.75 Å². The molecule has 9 heteroatoms. The molecule has 1 fully saturated rings. The monoisotopic (exact) mass is 372 g/mol. The minimum atomic E-state index is -1.59. The highest BCUT2D eigenvalue weighted by molar-refractivity contribution is 5.67. The molecule has 1 aromatic carbocycles. The molecule has 0 radical (unpaired) electrons. The maximum atomic E-state index is 11.1. The Morgan fingerprint density at radius 1 is 1.12 bits per heavy atom. The highest BCUT2D eigenvalue weighted by Gasteiger charge is 2.44. The molecule has 0 saturated carbocycles. The lowest BCUT2D eigenvalue weighted by atomic mass is 9.99. The van der Waals surface area contributed by atoms with Gasteiger partial charge in [0.05, 0.1) is 19.1 Å². The standard InChI is InChI=1S/C17H24O9/c18-8-12-14(22)15(23)16(24)17(26-12)25-11(7-13(20)21)6-3-9-1-4-10(19)5-2-9/h1-2,4-5,11-12,14-19,22-24H,3,6-8H2,(H,20,21)/t11?,12-,14-,15+,16-,17-/m1/s1. The molecule has 2 rings (SSSR count). The second kappa shape index (κ2) is 9.26. The second-order valence-electron chi connectivity index (χ2n) is 6.26. The van der Waals surface area contributed by atoms with Crippen LogP contribution in [0.4, 0.5) is 0 Å². The molecule has 0 bridgehead atoms. The van der Waals surface area contributed by atoms with E-state index in [4.69, 9.17) is 14.6 Å². The number of aryl methyl sites for hydroxylation is 1. The number of ether oxygens (including phenoxy) is 2. The summed E-state index contributed by atoms with van der Waals surface area (Å²) in [6.45, 7) is -0.595. The third-order valence-electron chi connectivity index (χ3n) is 4.27.